The van der Waals surface area contributed by atoms with Crippen LogP contribution in [-0.4, -0.2) is 36.0 Å². The Hall–Kier alpha value is -0.570. The number of hydrogen-bond donors (Lipinski definition) is 1. The number of likely N-dealkylation sites (tertiary alicyclic amines) is 1. The molecule has 1 heterocycles. The molecular formula is C11H22N2O. The van der Waals surface area contributed by atoms with Crippen molar-refractivity contribution in [2.24, 2.45) is 5.92 Å². The van der Waals surface area contributed by atoms with E-state index in [-0.39, 0.29) is 11.9 Å². The molecule has 0 bridgehead atoms. The maximum Gasteiger partial charge on any atom is 0.220 e. The summed E-state index contributed by atoms with van der Waals surface area (Å²) >= 11 is 0. The van der Waals surface area contributed by atoms with Crippen LogP contribution >= 0.6 is 0 Å². The summed E-state index contributed by atoms with van der Waals surface area (Å²) < 4.78 is 0. The molecule has 1 rings (SSSR count). The van der Waals surface area contributed by atoms with E-state index in [4.69, 9.17) is 0 Å². The van der Waals surface area contributed by atoms with Crippen molar-refractivity contribution in [1.29, 1.82) is 0 Å². The van der Waals surface area contributed by atoms with Crippen molar-refractivity contribution in [1.82, 2.24) is 10.2 Å². The van der Waals surface area contributed by atoms with Crippen LogP contribution in [0.1, 0.15) is 34.1 Å². The van der Waals surface area contributed by atoms with Crippen molar-refractivity contribution in [3.63, 3.8) is 0 Å². The van der Waals surface area contributed by atoms with E-state index in [2.05, 4.69) is 24.1 Å². The Kier molecular flexibility index (Phi) is 3.93. The zero-order chi connectivity index (χ0) is 10.7. The van der Waals surface area contributed by atoms with Crippen LogP contribution < -0.4 is 5.32 Å². The second-order valence-corrected chi connectivity index (χ2v) is 4.84. The van der Waals surface area contributed by atoms with Gasteiger partial charge in [-0.2, -0.15) is 0 Å². The Morgan fingerprint density at radius 1 is 1.36 bits per heavy atom. The third-order valence-electron chi connectivity index (χ3n) is 2.64. The monoisotopic (exact) mass is 198 g/mol. The van der Waals surface area contributed by atoms with E-state index in [0.29, 0.717) is 18.4 Å². The molecule has 0 aromatic heterocycles. The lowest BCUT2D eigenvalue weighted by Crippen LogP contribution is -2.51. The van der Waals surface area contributed by atoms with E-state index in [0.717, 1.165) is 13.1 Å². The molecule has 0 radical (unpaired) electrons. The van der Waals surface area contributed by atoms with Crippen molar-refractivity contribution < 1.29 is 4.79 Å². The summed E-state index contributed by atoms with van der Waals surface area (Å²) in [7, 11) is 0. The third kappa shape index (κ3) is 3.29. The van der Waals surface area contributed by atoms with Gasteiger partial charge in [-0.1, -0.05) is 0 Å². The normalized spacial score (nSPS) is 18.7. The van der Waals surface area contributed by atoms with Crippen molar-refractivity contribution in [3.05, 3.63) is 0 Å². The highest BCUT2D eigenvalue weighted by atomic mass is 16.1. The highest BCUT2D eigenvalue weighted by Gasteiger charge is 2.29. The van der Waals surface area contributed by atoms with Gasteiger partial charge in [0.2, 0.25) is 5.91 Å². The van der Waals surface area contributed by atoms with Gasteiger partial charge in [0.05, 0.1) is 0 Å². The highest BCUT2D eigenvalue weighted by Crippen LogP contribution is 2.21. The van der Waals surface area contributed by atoms with E-state index in [9.17, 15) is 4.79 Å². The Balaban J connectivity index is 2.13. The SMILES string of the molecule is CC(C)NC(=O)CC1CN(C(C)C)C1. The van der Waals surface area contributed by atoms with E-state index in [1.54, 1.807) is 0 Å². The number of carbonyl (C=O) groups excluding carboxylic acids is 1. The first-order valence-corrected chi connectivity index (χ1v) is 5.52. The molecule has 1 fully saturated rings. The Morgan fingerprint density at radius 2 is 1.93 bits per heavy atom. The predicted octanol–water partition coefficient (Wildman–Crippen LogP) is 1.24. The molecule has 3 heteroatoms. The quantitative estimate of drug-likeness (QED) is 0.737. The minimum absolute atomic E-state index is 0.202. The minimum atomic E-state index is 0.202. The smallest absolute Gasteiger partial charge is 0.220 e. The summed E-state index contributed by atoms with van der Waals surface area (Å²) in [6.45, 7) is 10.6. The van der Waals surface area contributed by atoms with Crippen LogP contribution in [0.25, 0.3) is 0 Å². The average molecular weight is 198 g/mol. The van der Waals surface area contributed by atoms with Gasteiger partial charge in [-0.15, -0.1) is 0 Å². The second kappa shape index (κ2) is 4.78. The van der Waals surface area contributed by atoms with E-state index < -0.39 is 0 Å². The fraction of sp³-hybridized carbons (Fsp3) is 0.909. The van der Waals surface area contributed by atoms with Crippen LogP contribution in [0.2, 0.25) is 0 Å². The minimum Gasteiger partial charge on any atom is -0.354 e. The lowest BCUT2D eigenvalue weighted by atomic mass is 9.94. The molecule has 1 amide bonds. The van der Waals surface area contributed by atoms with Crippen LogP contribution in [0, 0.1) is 5.92 Å². The van der Waals surface area contributed by atoms with Gasteiger partial charge in [-0.3, -0.25) is 4.79 Å². The zero-order valence-corrected chi connectivity index (χ0v) is 9.71. The third-order valence-corrected chi connectivity index (χ3v) is 2.64. The maximum absolute atomic E-state index is 11.4. The van der Waals surface area contributed by atoms with Gasteiger partial charge in [-0.25, -0.2) is 0 Å². The first-order valence-electron chi connectivity index (χ1n) is 5.52. The van der Waals surface area contributed by atoms with Gasteiger partial charge in [0, 0.05) is 31.6 Å². The molecule has 1 aliphatic heterocycles. The van der Waals surface area contributed by atoms with Crippen LogP contribution in [0.4, 0.5) is 0 Å². The van der Waals surface area contributed by atoms with Crippen LogP contribution in [0.5, 0.6) is 0 Å². The lowest BCUT2D eigenvalue weighted by molar-refractivity contribution is -0.124. The molecule has 14 heavy (non-hydrogen) atoms. The molecule has 1 saturated heterocycles. The van der Waals surface area contributed by atoms with E-state index in [1.165, 1.54) is 0 Å². The Bertz CT molecular complexity index is 195. The molecule has 82 valence electrons. The Labute approximate surface area is 86.9 Å². The van der Waals surface area contributed by atoms with Gasteiger partial charge < -0.3 is 10.2 Å². The fourth-order valence-electron chi connectivity index (χ4n) is 1.80. The maximum atomic E-state index is 11.4. The number of hydrogen-bond acceptors (Lipinski definition) is 2. The van der Waals surface area contributed by atoms with Crippen molar-refractivity contribution in [2.75, 3.05) is 13.1 Å². The molecule has 1 N–H and O–H groups in total. The summed E-state index contributed by atoms with van der Waals surface area (Å²) in [4.78, 5) is 13.8. The number of rotatable bonds is 4. The van der Waals surface area contributed by atoms with Crippen LogP contribution in [-0.2, 0) is 4.79 Å². The molecule has 0 aliphatic carbocycles. The first-order chi connectivity index (χ1) is 6.49. The predicted molar refractivity (Wildman–Crippen MR) is 58.1 cm³/mol. The number of carbonyl (C=O) groups is 1. The van der Waals surface area contributed by atoms with Crippen molar-refractivity contribution >= 4 is 5.91 Å². The molecule has 0 spiro atoms. The second-order valence-electron chi connectivity index (χ2n) is 4.84. The fourth-order valence-corrected chi connectivity index (χ4v) is 1.80. The molecule has 0 atom stereocenters. The summed E-state index contributed by atoms with van der Waals surface area (Å²) in [6, 6.07) is 0.892. The van der Waals surface area contributed by atoms with Crippen LogP contribution in [0.15, 0.2) is 0 Å². The molecule has 3 nitrogen and oxygen atoms in total. The standard InChI is InChI=1S/C11H22N2O/c1-8(2)12-11(14)5-10-6-13(7-10)9(3)4/h8-10H,5-7H2,1-4H3,(H,12,14). The first kappa shape index (κ1) is 11.5. The molecule has 0 aromatic rings. The van der Waals surface area contributed by atoms with Gasteiger partial charge >= 0.3 is 0 Å². The Morgan fingerprint density at radius 3 is 2.36 bits per heavy atom. The van der Waals surface area contributed by atoms with Gasteiger partial charge in [0.1, 0.15) is 0 Å². The summed E-state index contributed by atoms with van der Waals surface area (Å²) in [5, 5.41) is 2.93. The molecule has 0 unspecified atom stereocenters. The van der Waals surface area contributed by atoms with Gasteiger partial charge in [0.25, 0.3) is 0 Å². The summed E-state index contributed by atoms with van der Waals surface area (Å²) in [5.74, 6) is 0.782. The van der Waals surface area contributed by atoms with Gasteiger partial charge in [-0.05, 0) is 33.6 Å². The number of nitrogens with one attached hydrogen (secondary N) is 1. The molecule has 0 saturated carbocycles. The van der Waals surface area contributed by atoms with Crippen molar-refractivity contribution in [2.45, 2.75) is 46.2 Å². The topological polar surface area (TPSA) is 32.3 Å². The number of nitrogens with zero attached hydrogens (tertiary/aromatic N) is 1. The molecular weight excluding hydrogens is 176 g/mol. The molecule has 1 aliphatic rings. The van der Waals surface area contributed by atoms with Crippen LogP contribution in [0.3, 0.4) is 0 Å². The summed E-state index contributed by atoms with van der Waals surface area (Å²) in [5.41, 5.74) is 0. The lowest BCUT2D eigenvalue weighted by Gasteiger charge is -2.41. The largest absolute Gasteiger partial charge is 0.354 e. The van der Waals surface area contributed by atoms with E-state index in [1.807, 2.05) is 13.8 Å². The zero-order valence-electron chi connectivity index (χ0n) is 9.71. The summed E-state index contributed by atoms with van der Waals surface area (Å²) in [6.07, 6.45) is 0.696. The molecule has 0 aromatic carbocycles. The van der Waals surface area contributed by atoms with E-state index >= 15 is 0 Å². The van der Waals surface area contributed by atoms with Gasteiger partial charge in [0.15, 0.2) is 0 Å². The van der Waals surface area contributed by atoms with Crippen molar-refractivity contribution in [3.8, 4) is 0 Å². The number of amides is 1. The average Bonchev–Trinajstić information content (AvgIpc) is 1.93. The highest BCUT2D eigenvalue weighted by molar-refractivity contribution is 5.76.